The van der Waals surface area contributed by atoms with Crippen LogP contribution in [0.15, 0.2) is 17.5 Å². The van der Waals surface area contributed by atoms with E-state index in [4.69, 9.17) is 28.9 Å². The van der Waals surface area contributed by atoms with Gasteiger partial charge in [0.1, 0.15) is 10.8 Å². The number of nitrogens with two attached hydrogens (primary N) is 1. The second-order valence-corrected chi connectivity index (χ2v) is 5.36. The highest BCUT2D eigenvalue weighted by molar-refractivity contribution is 7.14. The summed E-state index contributed by atoms with van der Waals surface area (Å²) in [5.41, 5.74) is 5.55. The van der Waals surface area contributed by atoms with E-state index in [1.54, 1.807) is 5.38 Å². The minimum atomic E-state index is -0.530. The van der Waals surface area contributed by atoms with Gasteiger partial charge < -0.3 is 5.73 Å². The normalized spacial score (nSPS) is 10.3. The van der Waals surface area contributed by atoms with Crippen LogP contribution in [0.2, 0.25) is 10.2 Å². The van der Waals surface area contributed by atoms with E-state index in [1.165, 1.54) is 23.5 Å². The molecule has 2 aromatic rings. The number of hydrogen-bond acceptors (Lipinski definition) is 5. The van der Waals surface area contributed by atoms with Crippen LogP contribution >= 0.6 is 34.5 Å². The number of carbonyl (C=O) groups excluding carboxylic acids is 2. The van der Waals surface area contributed by atoms with Gasteiger partial charge in [-0.1, -0.05) is 23.2 Å². The van der Waals surface area contributed by atoms with Crippen molar-refractivity contribution in [1.29, 1.82) is 0 Å². The number of amides is 2. The summed E-state index contributed by atoms with van der Waals surface area (Å²) in [5.74, 6) is -1.02. The molecule has 0 unspecified atom stereocenters. The van der Waals surface area contributed by atoms with Crippen molar-refractivity contribution >= 4 is 51.5 Å². The summed E-state index contributed by atoms with van der Waals surface area (Å²) in [6, 6.07) is 2.96. The molecule has 0 atom stereocenters. The molecular weight excluding hydrogens is 323 g/mol. The maximum atomic E-state index is 12.0. The summed E-state index contributed by atoms with van der Waals surface area (Å²) in [4.78, 5) is 30.6. The van der Waals surface area contributed by atoms with Gasteiger partial charge in [-0.3, -0.25) is 14.9 Å². The molecule has 0 fully saturated rings. The number of nitrogens with one attached hydrogen (secondary N) is 1. The number of pyridine rings is 1. The average molecular weight is 331 g/mol. The zero-order valence-electron chi connectivity index (χ0n) is 9.89. The molecule has 0 saturated heterocycles. The van der Waals surface area contributed by atoms with Gasteiger partial charge in [-0.15, -0.1) is 11.3 Å². The first-order chi connectivity index (χ1) is 9.45. The van der Waals surface area contributed by atoms with Crippen LogP contribution in [0.25, 0.3) is 0 Å². The second-order valence-electron chi connectivity index (χ2n) is 3.71. The van der Waals surface area contributed by atoms with Crippen molar-refractivity contribution in [1.82, 2.24) is 9.97 Å². The molecule has 0 aromatic carbocycles. The summed E-state index contributed by atoms with van der Waals surface area (Å²) in [6.45, 7) is 0. The maximum absolute atomic E-state index is 12.0. The van der Waals surface area contributed by atoms with Crippen molar-refractivity contribution in [3.05, 3.63) is 39.1 Å². The Labute approximate surface area is 127 Å². The summed E-state index contributed by atoms with van der Waals surface area (Å²) in [6.07, 6.45) is 0.0164. The quantitative estimate of drug-likeness (QED) is 0.839. The molecule has 20 heavy (non-hydrogen) atoms. The highest BCUT2D eigenvalue weighted by Crippen LogP contribution is 2.20. The fraction of sp³-hybridized carbons (Fsp3) is 0.0909. The Morgan fingerprint density at radius 2 is 2.05 bits per heavy atom. The lowest BCUT2D eigenvalue weighted by Crippen LogP contribution is -2.15. The lowest BCUT2D eigenvalue weighted by Gasteiger charge is -2.03. The lowest BCUT2D eigenvalue weighted by atomic mass is 10.3. The summed E-state index contributed by atoms with van der Waals surface area (Å²) in [7, 11) is 0. The van der Waals surface area contributed by atoms with Crippen molar-refractivity contribution in [3.63, 3.8) is 0 Å². The minimum absolute atomic E-state index is 0.00539. The van der Waals surface area contributed by atoms with Crippen LogP contribution in [-0.2, 0) is 11.2 Å². The van der Waals surface area contributed by atoms with E-state index in [9.17, 15) is 9.59 Å². The SMILES string of the molecule is NC(=O)Cc1csc(NC(=O)c2nc(Cl)ccc2Cl)n1. The van der Waals surface area contributed by atoms with E-state index < -0.39 is 11.8 Å². The molecule has 2 rings (SSSR count). The molecule has 104 valence electrons. The third-order valence-electron chi connectivity index (χ3n) is 2.15. The van der Waals surface area contributed by atoms with Gasteiger partial charge >= 0.3 is 0 Å². The van der Waals surface area contributed by atoms with Crippen LogP contribution in [0, 0.1) is 0 Å². The molecule has 0 spiro atoms. The smallest absolute Gasteiger partial charge is 0.277 e. The van der Waals surface area contributed by atoms with Gasteiger partial charge in [0.05, 0.1) is 17.1 Å². The molecule has 6 nitrogen and oxygen atoms in total. The van der Waals surface area contributed by atoms with Crippen molar-refractivity contribution in [2.75, 3.05) is 5.32 Å². The molecule has 2 amide bonds. The molecule has 9 heteroatoms. The van der Waals surface area contributed by atoms with Crippen molar-refractivity contribution < 1.29 is 9.59 Å². The number of rotatable bonds is 4. The predicted molar refractivity (Wildman–Crippen MR) is 77.2 cm³/mol. The maximum Gasteiger partial charge on any atom is 0.277 e. The molecule has 0 bridgehead atoms. The topological polar surface area (TPSA) is 98.0 Å². The molecular formula is C11H8Cl2N4O2S. The number of carbonyl (C=O) groups is 2. The molecule has 0 radical (unpaired) electrons. The Kier molecular flexibility index (Phi) is 4.53. The molecule has 0 aliphatic heterocycles. The Hall–Kier alpha value is -1.70. The average Bonchev–Trinajstić information content (AvgIpc) is 2.78. The molecule has 0 aliphatic carbocycles. The first kappa shape index (κ1) is 14.7. The number of primary amides is 1. The number of thiazole rings is 1. The van der Waals surface area contributed by atoms with E-state index in [0.717, 1.165) is 0 Å². The fourth-order valence-corrected chi connectivity index (χ4v) is 2.40. The summed E-state index contributed by atoms with van der Waals surface area (Å²) < 4.78 is 0. The predicted octanol–water partition coefficient (Wildman–Crippen LogP) is 2.12. The molecule has 2 aromatic heterocycles. The van der Waals surface area contributed by atoms with Crippen LogP contribution < -0.4 is 11.1 Å². The third-order valence-corrected chi connectivity index (χ3v) is 3.48. The number of hydrogen-bond donors (Lipinski definition) is 2. The van der Waals surface area contributed by atoms with E-state index in [1.807, 2.05) is 0 Å². The van der Waals surface area contributed by atoms with E-state index >= 15 is 0 Å². The van der Waals surface area contributed by atoms with Crippen LogP contribution in [0.5, 0.6) is 0 Å². The van der Waals surface area contributed by atoms with Gasteiger partial charge in [-0.25, -0.2) is 9.97 Å². The lowest BCUT2D eigenvalue weighted by molar-refractivity contribution is -0.117. The summed E-state index contributed by atoms with van der Waals surface area (Å²) >= 11 is 12.8. The Morgan fingerprint density at radius 3 is 2.75 bits per heavy atom. The monoisotopic (exact) mass is 330 g/mol. The zero-order chi connectivity index (χ0) is 14.7. The minimum Gasteiger partial charge on any atom is -0.369 e. The molecule has 2 heterocycles. The first-order valence-electron chi connectivity index (χ1n) is 5.32. The summed E-state index contributed by atoms with van der Waals surface area (Å²) in [5, 5.41) is 4.83. The van der Waals surface area contributed by atoms with Gasteiger partial charge in [0, 0.05) is 5.38 Å². The van der Waals surface area contributed by atoms with Crippen LogP contribution in [0.3, 0.4) is 0 Å². The molecule has 0 saturated carbocycles. The molecule has 3 N–H and O–H groups in total. The Morgan fingerprint density at radius 1 is 1.30 bits per heavy atom. The third kappa shape index (κ3) is 3.66. The van der Waals surface area contributed by atoms with Gasteiger partial charge in [-0.2, -0.15) is 0 Å². The largest absolute Gasteiger partial charge is 0.369 e. The highest BCUT2D eigenvalue weighted by Gasteiger charge is 2.15. The standard InChI is InChI=1S/C11H8Cl2N4O2S/c12-6-1-2-7(13)16-9(6)10(19)17-11-15-5(4-20-11)3-8(14)18/h1-2,4H,3H2,(H2,14,18)(H,15,17,19). The second kappa shape index (κ2) is 6.17. The zero-order valence-corrected chi connectivity index (χ0v) is 12.2. The van der Waals surface area contributed by atoms with E-state index in [2.05, 4.69) is 15.3 Å². The first-order valence-corrected chi connectivity index (χ1v) is 6.95. The number of halogens is 2. The molecule has 0 aliphatic rings. The fourth-order valence-electron chi connectivity index (χ4n) is 1.36. The van der Waals surface area contributed by atoms with Crippen molar-refractivity contribution in [2.24, 2.45) is 5.73 Å². The van der Waals surface area contributed by atoms with E-state index in [0.29, 0.717) is 10.8 Å². The Balaban J connectivity index is 2.13. The van der Waals surface area contributed by atoms with Gasteiger partial charge in [-0.05, 0) is 12.1 Å². The van der Waals surface area contributed by atoms with Crippen molar-refractivity contribution in [2.45, 2.75) is 6.42 Å². The van der Waals surface area contributed by atoms with Crippen LogP contribution in [0.1, 0.15) is 16.2 Å². The van der Waals surface area contributed by atoms with E-state index in [-0.39, 0.29) is 22.3 Å². The van der Waals surface area contributed by atoms with Crippen molar-refractivity contribution in [3.8, 4) is 0 Å². The van der Waals surface area contributed by atoms with Gasteiger partial charge in [0.25, 0.3) is 5.91 Å². The Bertz CT molecular complexity index is 674. The number of anilines is 1. The highest BCUT2D eigenvalue weighted by atomic mass is 35.5. The number of aromatic nitrogens is 2. The van der Waals surface area contributed by atoms with Gasteiger partial charge in [0.2, 0.25) is 5.91 Å². The van der Waals surface area contributed by atoms with Crippen LogP contribution in [0.4, 0.5) is 5.13 Å². The van der Waals surface area contributed by atoms with Crippen LogP contribution in [-0.4, -0.2) is 21.8 Å². The number of nitrogens with zero attached hydrogens (tertiary/aromatic N) is 2. The van der Waals surface area contributed by atoms with Gasteiger partial charge in [0.15, 0.2) is 5.13 Å².